The summed E-state index contributed by atoms with van der Waals surface area (Å²) in [4.78, 5) is 38.1. The maximum Gasteiger partial charge on any atom is 0.318 e. The molecule has 1 saturated heterocycles. The molecule has 3 aliphatic rings. The Morgan fingerprint density at radius 1 is 1.21 bits per heavy atom. The number of nitrogens with zero attached hydrogens (tertiary/aromatic N) is 4. The lowest BCUT2D eigenvalue weighted by Gasteiger charge is -2.26. The van der Waals surface area contributed by atoms with Crippen LogP contribution in [-0.2, 0) is 4.74 Å². The second kappa shape index (κ2) is 8.43. The second-order valence-electron chi connectivity index (χ2n) is 9.65. The van der Waals surface area contributed by atoms with E-state index in [1.54, 1.807) is 31.1 Å². The van der Waals surface area contributed by atoms with Gasteiger partial charge < -0.3 is 29.9 Å². The molecule has 2 N–H and O–H groups in total. The normalized spacial score (nSPS) is 21.2. The van der Waals surface area contributed by atoms with Crippen LogP contribution >= 0.6 is 0 Å². The predicted octanol–water partition coefficient (Wildman–Crippen LogP) is 2.85. The third kappa shape index (κ3) is 4.37. The third-order valence-corrected chi connectivity index (χ3v) is 6.28. The zero-order valence-corrected chi connectivity index (χ0v) is 19.9. The van der Waals surface area contributed by atoms with Gasteiger partial charge in [-0.3, -0.25) is 4.79 Å². The summed E-state index contributed by atoms with van der Waals surface area (Å²) >= 11 is 0. The van der Waals surface area contributed by atoms with E-state index in [1.807, 2.05) is 30.9 Å². The Morgan fingerprint density at radius 3 is 2.59 bits per heavy atom. The van der Waals surface area contributed by atoms with E-state index in [1.165, 1.54) is 6.42 Å². The molecule has 180 valence electrons. The van der Waals surface area contributed by atoms with E-state index < -0.39 is 5.60 Å². The molecule has 1 atom stereocenters. The van der Waals surface area contributed by atoms with Crippen molar-refractivity contribution in [1.82, 2.24) is 20.2 Å². The number of hydrogen-bond acceptors (Lipinski definition) is 7. The lowest BCUT2D eigenvalue weighted by atomic mass is 9.96. The summed E-state index contributed by atoms with van der Waals surface area (Å²) < 4.78 is 12.4. The molecule has 10 nitrogen and oxygen atoms in total. The fourth-order valence-corrected chi connectivity index (χ4v) is 4.24. The zero-order valence-electron chi connectivity index (χ0n) is 19.9. The molecule has 2 aromatic rings. The number of benzene rings is 1. The number of carbonyl (C=O) groups is 2. The summed E-state index contributed by atoms with van der Waals surface area (Å²) in [5.41, 5.74) is 1.58. The molecule has 2 fully saturated rings. The molecule has 34 heavy (non-hydrogen) atoms. The topological polar surface area (TPSA) is 109 Å². The van der Waals surface area contributed by atoms with Gasteiger partial charge in [-0.25, -0.2) is 9.78 Å². The number of aromatic nitrogens is 2. The summed E-state index contributed by atoms with van der Waals surface area (Å²) in [6, 6.07) is 6.89. The van der Waals surface area contributed by atoms with Crippen molar-refractivity contribution in [1.29, 1.82) is 0 Å². The van der Waals surface area contributed by atoms with Crippen LogP contribution in [0.25, 0.3) is 11.3 Å². The van der Waals surface area contributed by atoms with Crippen LogP contribution in [-0.4, -0.2) is 71.9 Å². The summed E-state index contributed by atoms with van der Waals surface area (Å²) in [6.45, 7) is 5.00. The van der Waals surface area contributed by atoms with Crippen LogP contribution in [0.3, 0.4) is 0 Å². The highest BCUT2D eigenvalue weighted by molar-refractivity contribution is 6.02. The average Bonchev–Trinajstić information content (AvgIpc) is 3.55. The molecular weight excluding hydrogens is 436 g/mol. The van der Waals surface area contributed by atoms with E-state index >= 15 is 0 Å². The van der Waals surface area contributed by atoms with E-state index in [0.29, 0.717) is 42.1 Å². The van der Waals surface area contributed by atoms with Crippen LogP contribution in [0.5, 0.6) is 5.88 Å². The van der Waals surface area contributed by atoms with Gasteiger partial charge in [-0.2, -0.15) is 4.98 Å². The Labute approximate surface area is 198 Å². The van der Waals surface area contributed by atoms with Gasteiger partial charge in [0.15, 0.2) is 6.23 Å². The second-order valence-corrected chi connectivity index (χ2v) is 9.65. The Kier molecular flexibility index (Phi) is 5.55. The van der Waals surface area contributed by atoms with Gasteiger partial charge in [-0.15, -0.1) is 0 Å². The van der Waals surface area contributed by atoms with Gasteiger partial charge in [0.1, 0.15) is 11.2 Å². The number of hydrogen-bond donors (Lipinski definition) is 2. The zero-order chi connectivity index (χ0) is 24.0. The minimum Gasteiger partial charge on any atom is -0.469 e. The molecular formula is C24H30N6O4. The van der Waals surface area contributed by atoms with Crippen molar-refractivity contribution in [2.45, 2.75) is 51.0 Å². The molecule has 3 amide bonds. The standard InChI is InChI=1S/C24H30N6O4/c1-24(2)13-29(4)21(31)18-19(14-8-10-15(11-9-14)26-23(32)25-3)27-22(28-20(18)34-24)30-12-17(30)33-16-6-5-7-16/h8-11,16-17H,5-7,12-13H2,1-4H3,(H2,25,26,32). The van der Waals surface area contributed by atoms with Crippen molar-refractivity contribution >= 4 is 23.6 Å². The number of rotatable bonds is 5. The molecule has 1 unspecified atom stereocenters. The Balaban J connectivity index is 1.54. The monoisotopic (exact) mass is 466 g/mol. The number of amides is 3. The predicted molar refractivity (Wildman–Crippen MR) is 127 cm³/mol. The highest BCUT2D eigenvalue weighted by atomic mass is 16.5. The first-order valence-corrected chi connectivity index (χ1v) is 11.6. The number of fused-ring (bicyclic) bond motifs is 1. The van der Waals surface area contributed by atoms with Crippen LogP contribution < -0.4 is 20.3 Å². The van der Waals surface area contributed by atoms with Crippen LogP contribution in [0.15, 0.2) is 24.3 Å². The summed E-state index contributed by atoms with van der Waals surface area (Å²) in [6.07, 6.45) is 3.65. The lowest BCUT2D eigenvalue weighted by molar-refractivity contribution is -0.00681. The number of ether oxygens (including phenoxy) is 2. The van der Waals surface area contributed by atoms with Crippen LogP contribution in [0, 0.1) is 0 Å². The van der Waals surface area contributed by atoms with Crippen molar-refractivity contribution in [2.24, 2.45) is 0 Å². The fourth-order valence-electron chi connectivity index (χ4n) is 4.24. The van der Waals surface area contributed by atoms with E-state index in [2.05, 4.69) is 15.6 Å². The fraction of sp³-hybridized carbons (Fsp3) is 0.500. The van der Waals surface area contributed by atoms with Crippen molar-refractivity contribution in [3.05, 3.63) is 29.8 Å². The van der Waals surface area contributed by atoms with Crippen molar-refractivity contribution in [3.8, 4) is 17.1 Å². The molecule has 0 radical (unpaired) electrons. The minimum atomic E-state index is -0.611. The molecule has 5 rings (SSSR count). The maximum absolute atomic E-state index is 13.4. The minimum absolute atomic E-state index is 0.0486. The molecule has 3 heterocycles. The summed E-state index contributed by atoms with van der Waals surface area (Å²) in [7, 11) is 3.31. The van der Waals surface area contributed by atoms with E-state index in [0.717, 1.165) is 18.4 Å². The summed E-state index contributed by atoms with van der Waals surface area (Å²) in [5.74, 6) is 0.572. The van der Waals surface area contributed by atoms with Crippen molar-refractivity contribution in [2.75, 3.05) is 37.4 Å². The number of anilines is 2. The highest BCUT2D eigenvalue weighted by Crippen LogP contribution is 2.39. The molecule has 1 aliphatic carbocycles. The van der Waals surface area contributed by atoms with Gasteiger partial charge in [0.05, 0.1) is 24.9 Å². The van der Waals surface area contributed by atoms with Crippen LogP contribution in [0.2, 0.25) is 0 Å². The Hall–Kier alpha value is -3.40. The molecule has 10 heteroatoms. The molecule has 0 bridgehead atoms. The summed E-state index contributed by atoms with van der Waals surface area (Å²) in [5, 5.41) is 5.26. The van der Waals surface area contributed by atoms with Crippen LogP contribution in [0.4, 0.5) is 16.4 Å². The molecule has 0 spiro atoms. The van der Waals surface area contributed by atoms with Gasteiger partial charge in [-0.1, -0.05) is 12.1 Å². The number of urea groups is 1. The highest BCUT2D eigenvalue weighted by Gasteiger charge is 2.43. The number of nitrogens with one attached hydrogen (secondary N) is 2. The lowest BCUT2D eigenvalue weighted by Crippen LogP contribution is -2.40. The Morgan fingerprint density at radius 2 is 1.94 bits per heavy atom. The van der Waals surface area contributed by atoms with Gasteiger partial charge in [0.2, 0.25) is 11.8 Å². The van der Waals surface area contributed by atoms with Crippen molar-refractivity contribution in [3.63, 3.8) is 0 Å². The van der Waals surface area contributed by atoms with Gasteiger partial charge in [0.25, 0.3) is 5.91 Å². The number of likely N-dealkylation sites (N-methyl/N-ethyl adjacent to an activating group) is 1. The number of carbonyl (C=O) groups excluding carboxylic acids is 2. The molecule has 1 saturated carbocycles. The van der Waals surface area contributed by atoms with E-state index in [-0.39, 0.29) is 24.0 Å². The molecule has 2 aliphatic heterocycles. The first-order chi connectivity index (χ1) is 16.2. The van der Waals surface area contributed by atoms with E-state index in [9.17, 15) is 9.59 Å². The first-order valence-electron chi connectivity index (χ1n) is 11.6. The van der Waals surface area contributed by atoms with E-state index in [4.69, 9.17) is 14.5 Å². The van der Waals surface area contributed by atoms with Crippen LogP contribution in [0.1, 0.15) is 43.5 Å². The SMILES string of the molecule is CNC(=O)Nc1ccc(-c2nc(N3CC3OC3CCC3)nc3c2C(=O)N(C)CC(C)(C)O3)cc1. The molecule has 1 aromatic heterocycles. The quantitative estimate of drug-likeness (QED) is 0.652. The van der Waals surface area contributed by atoms with Gasteiger partial charge >= 0.3 is 6.03 Å². The van der Waals surface area contributed by atoms with Gasteiger partial charge in [0, 0.05) is 25.3 Å². The third-order valence-electron chi connectivity index (χ3n) is 6.28. The smallest absolute Gasteiger partial charge is 0.318 e. The van der Waals surface area contributed by atoms with Crippen molar-refractivity contribution < 1.29 is 19.1 Å². The Bertz CT molecular complexity index is 1120. The largest absolute Gasteiger partial charge is 0.469 e. The average molecular weight is 467 g/mol. The molecule has 1 aromatic carbocycles. The van der Waals surface area contributed by atoms with Gasteiger partial charge in [-0.05, 0) is 45.2 Å². The first kappa shape index (κ1) is 22.4. The maximum atomic E-state index is 13.4.